The Morgan fingerprint density at radius 3 is 2.50 bits per heavy atom. The third-order valence-electron chi connectivity index (χ3n) is 2.89. The highest BCUT2D eigenvalue weighted by Crippen LogP contribution is 2.47. The van der Waals surface area contributed by atoms with E-state index in [0.717, 1.165) is 6.42 Å². The summed E-state index contributed by atoms with van der Waals surface area (Å²) in [6.45, 7) is 7.01. The Kier molecular flexibility index (Phi) is 1.71. The summed E-state index contributed by atoms with van der Waals surface area (Å²) >= 11 is 0. The molecule has 1 aliphatic carbocycles. The molecule has 0 bridgehead atoms. The lowest BCUT2D eigenvalue weighted by Crippen LogP contribution is -2.49. The molecule has 0 spiro atoms. The predicted molar refractivity (Wildman–Crippen MR) is 38.5 cm³/mol. The van der Waals surface area contributed by atoms with Crippen molar-refractivity contribution in [2.75, 3.05) is 0 Å². The quantitative estimate of drug-likeness (QED) is 0.547. The molecular formula is C8H14O2. The maximum absolute atomic E-state index is 9.98. The lowest BCUT2D eigenvalue weighted by Gasteiger charge is -2.48. The molecule has 10 heavy (non-hydrogen) atoms. The van der Waals surface area contributed by atoms with Crippen molar-refractivity contribution in [1.29, 1.82) is 0 Å². The number of carbonyl (C=O) groups is 1. The third kappa shape index (κ3) is 0.917. The molecule has 0 N–H and O–H groups in total. The average molecular weight is 142 g/mol. The maximum atomic E-state index is 9.98. The Hall–Kier alpha value is -0.530. The van der Waals surface area contributed by atoms with E-state index in [1.54, 1.807) is 0 Å². The molecule has 2 heteroatoms. The molecule has 1 fully saturated rings. The predicted octanol–water partition coefficient (Wildman–Crippen LogP) is 1.59. The minimum Gasteiger partial charge on any atom is -0.464 e. The number of hydrogen-bond donors (Lipinski definition) is 0. The van der Waals surface area contributed by atoms with Gasteiger partial charge >= 0.3 is 0 Å². The van der Waals surface area contributed by atoms with Gasteiger partial charge in [-0.25, -0.2) is 0 Å². The van der Waals surface area contributed by atoms with E-state index in [0.29, 0.717) is 12.4 Å². The van der Waals surface area contributed by atoms with Crippen LogP contribution in [0.3, 0.4) is 0 Å². The van der Waals surface area contributed by atoms with Gasteiger partial charge in [0.25, 0.3) is 6.47 Å². The molecule has 2 nitrogen and oxygen atoms in total. The average Bonchev–Trinajstić information content (AvgIpc) is 1.88. The van der Waals surface area contributed by atoms with Gasteiger partial charge in [0.15, 0.2) is 0 Å². The summed E-state index contributed by atoms with van der Waals surface area (Å²) in [7, 11) is 0. The smallest absolute Gasteiger partial charge is 0.293 e. The lowest BCUT2D eigenvalue weighted by atomic mass is 9.61. The second-order valence-electron chi connectivity index (χ2n) is 3.68. The second kappa shape index (κ2) is 2.26. The first-order valence-corrected chi connectivity index (χ1v) is 3.68. The van der Waals surface area contributed by atoms with Crippen LogP contribution in [0.15, 0.2) is 0 Å². The summed E-state index contributed by atoms with van der Waals surface area (Å²) in [5.74, 6) is 0.678. The van der Waals surface area contributed by atoms with Gasteiger partial charge in [-0.3, -0.25) is 4.79 Å². The largest absolute Gasteiger partial charge is 0.464 e. The standard InChI is InChI=1S/C8H14O2/c1-6-4-7(10-5-9)8(6,2)3/h5-7H,4H2,1-3H3/t6-,7+/m0/s1. The van der Waals surface area contributed by atoms with E-state index in [1.807, 2.05) is 0 Å². The van der Waals surface area contributed by atoms with Crippen molar-refractivity contribution in [3.63, 3.8) is 0 Å². The summed E-state index contributed by atoms with van der Waals surface area (Å²) in [6, 6.07) is 0. The zero-order valence-corrected chi connectivity index (χ0v) is 6.76. The molecule has 0 radical (unpaired) electrons. The zero-order chi connectivity index (χ0) is 7.78. The minimum atomic E-state index is 0.153. The second-order valence-corrected chi connectivity index (χ2v) is 3.68. The number of hydrogen-bond acceptors (Lipinski definition) is 2. The molecule has 0 aromatic heterocycles. The molecule has 58 valence electrons. The van der Waals surface area contributed by atoms with Crippen LogP contribution in [-0.4, -0.2) is 12.6 Å². The van der Waals surface area contributed by atoms with Gasteiger partial charge in [-0.1, -0.05) is 20.8 Å². The van der Waals surface area contributed by atoms with E-state index in [-0.39, 0.29) is 11.5 Å². The fraction of sp³-hybridized carbons (Fsp3) is 0.875. The van der Waals surface area contributed by atoms with Crippen LogP contribution >= 0.6 is 0 Å². The first-order valence-electron chi connectivity index (χ1n) is 3.68. The van der Waals surface area contributed by atoms with Crippen LogP contribution in [0.1, 0.15) is 27.2 Å². The summed E-state index contributed by atoms with van der Waals surface area (Å²) in [6.07, 6.45) is 1.17. The monoisotopic (exact) mass is 142 g/mol. The van der Waals surface area contributed by atoms with Crippen LogP contribution in [0.4, 0.5) is 0 Å². The van der Waals surface area contributed by atoms with Gasteiger partial charge in [0.05, 0.1) is 0 Å². The SMILES string of the molecule is C[C@H]1C[C@@H](OC=O)C1(C)C. The zero-order valence-electron chi connectivity index (χ0n) is 6.76. The van der Waals surface area contributed by atoms with Crippen LogP contribution < -0.4 is 0 Å². The molecule has 0 amide bonds. The van der Waals surface area contributed by atoms with Gasteiger partial charge in [-0.2, -0.15) is 0 Å². The molecule has 0 unspecified atom stereocenters. The summed E-state index contributed by atoms with van der Waals surface area (Å²) < 4.78 is 4.88. The van der Waals surface area contributed by atoms with Crippen molar-refractivity contribution in [1.82, 2.24) is 0 Å². The fourth-order valence-corrected chi connectivity index (χ4v) is 1.38. The molecule has 0 heterocycles. The Bertz CT molecular complexity index is 140. The van der Waals surface area contributed by atoms with Gasteiger partial charge in [0.1, 0.15) is 6.10 Å². The van der Waals surface area contributed by atoms with Crippen molar-refractivity contribution < 1.29 is 9.53 Å². The van der Waals surface area contributed by atoms with Crippen molar-refractivity contribution in [2.24, 2.45) is 11.3 Å². The van der Waals surface area contributed by atoms with Gasteiger partial charge < -0.3 is 4.74 Å². The van der Waals surface area contributed by atoms with Crippen LogP contribution in [0.5, 0.6) is 0 Å². The van der Waals surface area contributed by atoms with Gasteiger partial charge in [0, 0.05) is 5.41 Å². The lowest BCUT2D eigenvalue weighted by molar-refractivity contribution is -0.159. The fourth-order valence-electron chi connectivity index (χ4n) is 1.38. The molecule has 1 saturated carbocycles. The highest BCUT2D eigenvalue weighted by atomic mass is 16.5. The molecule has 0 aromatic carbocycles. The summed E-state index contributed by atoms with van der Waals surface area (Å²) in [5, 5.41) is 0. The van der Waals surface area contributed by atoms with Crippen LogP contribution in [0.25, 0.3) is 0 Å². The van der Waals surface area contributed by atoms with E-state index < -0.39 is 0 Å². The molecule has 1 rings (SSSR count). The highest BCUT2D eigenvalue weighted by molar-refractivity contribution is 5.38. The third-order valence-corrected chi connectivity index (χ3v) is 2.89. The molecule has 1 aliphatic rings. The normalized spacial score (nSPS) is 36.3. The van der Waals surface area contributed by atoms with Crippen LogP contribution in [-0.2, 0) is 9.53 Å². The number of ether oxygens (including phenoxy) is 1. The van der Waals surface area contributed by atoms with Crippen molar-refractivity contribution in [3.05, 3.63) is 0 Å². The molecule has 0 saturated heterocycles. The Morgan fingerprint density at radius 1 is 1.60 bits per heavy atom. The molecule has 0 aliphatic heterocycles. The van der Waals surface area contributed by atoms with E-state index in [4.69, 9.17) is 4.74 Å². The van der Waals surface area contributed by atoms with Gasteiger partial charge in [0.2, 0.25) is 0 Å². The topological polar surface area (TPSA) is 26.3 Å². The molecule has 2 atom stereocenters. The number of carbonyl (C=O) groups excluding carboxylic acids is 1. The van der Waals surface area contributed by atoms with Crippen molar-refractivity contribution >= 4 is 6.47 Å². The Morgan fingerprint density at radius 2 is 2.20 bits per heavy atom. The maximum Gasteiger partial charge on any atom is 0.293 e. The van der Waals surface area contributed by atoms with Gasteiger partial charge in [-0.15, -0.1) is 0 Å². The van der Waals surface area contributed by atoms with E-state index in [9.17, 15) is 4.79 Å². The number of rotatable bonds is 2. The summed E-state index contributed by atoms with van der Waals surface area (Å²) in [4.78, 5) is 9.98. The van der Waals surface area contributed by atoms with E-state index >= 15 is 0 Å². The van der Waals surface area contributed by atoms with E-state index in [2.05, 4.69) is 20.8 Å². The van der Waals surface area contributed by atoms with Crippen molar-refractivity contribution in [3.8, 4) is 0 Å². The first kappa shape index (κ1) is 7.58. The highest BCUT2D eigenvalue weighted by Gasteiger charge is 2.46. The first-order chi connectivity index (χ1) is 4.59. The van der Waals surface area contributed by atoms with Crippen LogP contribution in [0, 0.1) is 11.3 Å². The Labute approximate surface area is 61.6 Å². The Balaban J connectivity index is 2.46. The van der Waals surface area contributed by atoms with E-state index in [1.165, 1.54) is 0 Å². The summed E-state index contributed by atoms with van der Waals surface area (Å²) in [5.41, 5.74) is 0.195. The van der Waals surface area contributed by atoms with Gasteiger partial charge in [-0.05, 0) is 12.3 Å². The molecular weight excluding hydrogens is 128 g/mol. The molecule has 0 aromatic rings. The minimum absolute atomic E-state index is 0.153. The van der Waals surface area contributed by atoms with Crippen LogP contribution in [0.2, 0.25) is 0 Å². The van der Waals surface area contributed by atoms with Crippen molar-refractivity contribution in [2.45, 2.75) is 33.3 Å².